The van der Waals surface area contributed by atoms with Crippen molar-refractivity contribution in [2.24, 2.45) is 0 Å². The number of rotatable bonds is 6. The lowest BCUT2D eigenvalue weighted by molar-refractivity contribution is -0.385. The number of hydrogen-bond donors (Lipinski definition) is 2. The van der Waals surface area contributed by atoms with Crippen LogP contribution in [-0.4, -0.2) is 30.0 Å². The minimum atomic E-state index is -4.07. The first-order chi connectivity index (χ1) is 9.44. The molecule has 1 aromatic rings. The first kappa shape index (κ1) is 17.1. The average Bonchev–Trinajstić information content (AvgIpc) is 2.24. The van der Waals surface area contributed by atoms with Crippen LogP contribution in [0.3, 0.4) is 0 Å². The number of carbonyl (C=O) groups is 1. The van der Waals surface area contributed by atoms with Crippen LogP contribution >= 0.6 is 0 Å². The van der Waals surface area contributed by atoms with Gasteiger partial charge >= 0.3 is 5.97 Å². The summed E-state index contributed by atoms with van der Waals surface area (Å²) >= 11 is 0. The maximum Gasteiger partial charge on any atom is 0.305 e. The molecule has 2 N–H and O–H groups in total. The van der Waals surface area contributed by atoms with E-state index >= 15 is 0 Å². The Labute approximate surface area is 122 Å². The van der Waals surface area contributed by atoms with E-state index in [-0.39, 0.29) is 10.6 Å². The zero-order valence-corrected chi connectivity index (χ0v) is 12.6. The van der Waals surface area contributed by atoms with Gasteiger partial charge in [0.1, 0.15) is 0 Å². The Morgan fingerprint density at radius 2 is 2.00 bits per heavy atom. The first-order valence-corrected chi connectivity index (χ1v) is 7.44. The van der Waals surface area contributed by atoms with Crippen LogP contribution < -0.4 is 4.72 Å². The van der Waals surface area contributed by atoms with E-state index in [0.717, 1.165) is 6.07 Å². The lowest BCUT2D eigenvalue weighted by Crippen LogP contribution is -2.44. The second kappa shape index (κ2) is 5.78. The molecular formula is C12H16N2O6S. The largest absolute Gasteiger partial charge is 0.481 e. The third-order valence-electron chi connectivity index (χ3n) is 2.68. The summed E-state index contributed by atoms with van der Waals surface area (Å²) in [5.74, 6) is -1.15. The van der Waals surface area contributed by atoms with Crippen LogP contribution in [0.4, 0.5) is 5.69 Å². The van der Waals surface area contributed by atoms with Gasteiger partial charge in [0.15, 0.2) is 0 Å². The van der Waals surface area contributed by atoms with Crippen LogP contribution in [0.1, 0.15) is 25.8 Å². The number of nitrogens with zero attached hydrogens (tertiary/aromatic N) is 1. The van der Waals surface area contributed by atoms with Gasteiger partial charge in [0.05, 0.1) is 16.2 Å². The molecule has 0 fully saturated rings. The Morgan fingerprint density at radius 3 is 2.48 bits per heavy atom. The van der Waals surface area contributed by atoms with Crippen molar-refractivity contribution in [2.45, 2.75) is 37.6 Å². The fraction of sp³-hybridized carbons (Fsp3) is 0.417. The van der Waals surface area contributed by atoms with Gasteiger partial charge in [-0.15, -0.1) is 0 Å². The molecule has 1 aromatic carbocycles. The van der Waals surface area contributed by atoms with Crippen LogP contribution in [0.2, 0.25) is 0 Å². The van der Waals surface area contributed by atoms with Crippen LogP contribution in [-0.2, 0) is 14.8 Å². The predicted molar refractivity (Wildman–Crippen MR) is 74.5 cm³/mol. The Bertz CT molecular complexity index is 681. The van der Waals surface area contributed by atoms with Gasteiger partial charge in [0, 0.05) is 17.7 Å². The highest BCUT2D eigenvalue weighted by atomic mass is 32.2. The molecule has 0 spiro atoms. The molecule has 0 heterocycles. The topological polar surface area (TPSA) is 127 Å². The fourth-order valence-corrected chi connectivity index (χ4v) is 3.50. The maximum atomic E-state index is 12.3. The highest BCUT2D eigenvalue weighted by Crippen LogP contribution is 2.23. The summed E-state index contributed by atoms with van der Waals surface area (Å²) in [5.41, 5.74) is -1.24. The van der Waals surface area contributed by atoms with Gasteiger partial charge in [-0.05, 0) is 26.3 Å². The Balaban J connectivity index is 3.22. The van der Waals surface area contributed by atoms with Gasteiger partial charge in [-0.25, -0.2) is 13.1 Å². The highest BCUT2D eigenvalue weighted by Gasteiger charge is 2.30. The molecule has 0 aliphatic carbocycles. The van der Waals surface area contributed by atoms with Crippen molar-refractivity contribution >= 4 is 21.7 Å². The number of carboxylic acid groups (broad SMARTS) is 1. The molecule has 21 heavy (non-hydrogen) atoms. The number of carboxylic acids is 1. The minimum Gasteiger partial charge on any atom is -0.481 e. The zero-order chi connectivity index (χ0) is 16.4. The van der Waals surface area contributed by atoms with Crippen molar-refractivity contribution in [3.63, 3.8) is 0 Å². The molecule has 0 aliphatic heterocycles. The van der Waals surface area contributed by atoms with Crippen molar-refractivity contribution in [2.75, 3.05) is 0 Å². The fourth-order valence-electron chi connectivity index (χ4n) is 1.82. The monoisotopic (exact) mass is 316 g/mol. The van der Waals surface area contributed by atoms with E-state index in [0.29, 0.717) is 5.56 Å². The average molecular weight is 316 g/mol. The number of non-ortho nitro benzene ring substituents is 1. The van der Waals surface area contributed by atoms with Crippen molar-refractivity contribution in [3.05, 3.63) is 33.9 Å². The molecule has 0 saturated carbocycles. The lowest BCUT2D eigenvalue weighted by atomic mass is 10.0. The van der Waals surface area contributed by atoms with E-state index in [4.69, 9.17) is 5.11 Å². The first-order valence-electron chi connectivity index (χ1n) is 5.95. The van der Waals surface area contributed by atoms with Gasteiger partial charge in [-0.2, -0.15) is 0 Å². The molecule has 116 valence electrons. The number of aryl methyl sites for hydroxylation is 1. The zero-order valence-electron chi connectivity index (χ0n) is 11.8. The van der Waals surface area contributed by atoms with Gasteiger partial charge in [0.2, 0.25) is 10.0 Å². The number of hydrogen-bond acceptors (Lipinski definition) is 5. The molecule has 0 aliphatic rings. The predicted octanol–water partition coefficient (Wildman–Crippen LogP) is 1.43. The normalized spacial score (nSPS) is 12.1. The number of benzene rings is 1. The minimum absolute atomic E-state index is 0.241. The number of nitrogens with one attached hydrogen (secondary N) is 1. The highest BCUT2D eigenvalue weighted by molar-refractivity contribution is 7.89. The van der Waals surface area contributed by atoms with E-state index in [1.54, 1.807) is 0 Å². The van der Waals surface area contributed by atoms with E-state index in [1.165, 1.54) is 32.9 Å². The number of aliphatic carboxylic acids is 1. The Hall–Kier alpha value is -2.00. The molecule has 0 unspecified atom stereocenters. The van der Waals surface area contributed by atoms with Gasteiger partial charge < -0.3 is 5.11 Å². The van der Waals surface area contributed by atoms with Crippen LogP contribution in [0.15, 0.2) is 23.1 Å². The molecule has 9 heteroatoms. The number of sulfonamides is 1. The third kappa shape index (κ3) is 4.50. The van der Waals surface area contributed by atoms with Crippen LogP contribution in [0.25, 0.3) is 0 Å². The van der Waals surface area contributed by atoms with Gasteiger partial charge in [0.25, 0.3) is 5.69 Å². The van der Waals surface area contributed by atoms with Crippen molar-refractivity contribution in [3.8, 4) is 0 Å². The molecule has 0 saturated heterocycles. The summed E-state index contributed by atoms with van der Waals surface area (Å²) in [6.45, 7) is 4.35. The summed E-state index contributed by atoms with van der Waals surface area (Å²) in [6, 6.07) is 3.49. The molecule has 0 radical (unpaired) electrons. The van der Waals surface area contributed by atoms with Crippen molar-refractivity contribution < 1.29 is 23.2 Å². The smallest absolute Gasteiger partial charge is 0.305 e. The SMILES string of the molecule is Cc1ccc([N+](=O)[O-])cc1S(=O)(=O)NC(C)(C)CC(=O)O. The summed E-state index contributed by atoms with van der Waals surface area (Å²) in [7, 11) is -4.07. The number of nitro benzene ring substituents is 1. The molecule has 0 aromatic heterocycles. The molecule has 0 bridgehead atoms. The number of nitro groups is 1. The van der Waals surface area contributed by atoms with Gasteiger partial charge in [-0.1, -0.05) is 6.07 Å². The maximum absolute atomic E-state index is 12.3. The summed E-state index contributed by atoms with van der Waals surface area (Å²) in [6.07, 6.45) is -0.416. The Morgan fingerprint density at radius 1 is 1.43 bits per heavy atom. The molecule has 0 amide bonds. The summed E-state index contributed by atoms with van der Waals surface area (Å²) in [4.78, 5) is 20.5. The lowest BCUT2D eigenvalue weighted by Gasteiger charge is -2.24. The summed E-state index contributed by atoms with van der Waals surface area (Å²) in [5, 5.41) is 19.5. The van der Waals surface area contributed by atoms with E-state index in [2.05, 4.69) is 4.72 Å². The second-order valence-corrected chi connectivity index (χ2v) is 6.92. The van der Waals surface area contributed by atoms with Crippen molar-refractivity contribution in [1.29, 1.82) is 0 Å². The second-order valence-electron chi connectivity index (χ2n) is 5.27. The van der Waals surface area contributed by atoms with E-state index in [1.807, 2.05) is 0 Å². The third-order valence-corrected chi connectivity index (χ3v) is 4.52. The molecule has 0 atom stereocenters. The van der Waals surface area contributed by atoms with E-state index < -0.39 is 32.9 Å². The van der Waals surface area contributed by atoms with Crippen LogP contribution in [0, 0.1) is 17.0 Å². The Kier molecular flexibility index (Phi) is 4.69. The standard InChI is InChI=1S/C12H16N2O6S/c1-8-4-5-9(14(17)18)6-10(8)21(19,20)13-12(2,3)7-11(15)16/h4-6,13H,7H2,1-3H3,(H,15,16). The van der Waals surface area contributed by atoms with Crippen LogP contribution in [0.5, 0.6) is 0 Å². The molecule has 8 nitrogen and oxygen atoms in total. The summed E-state index contributed by atoms with van der Waals surface area (Å²) < 4.78 is 26.9. The molecule has 1 rings (SSSR count). The van der Waals surface area contributed by atoms with E-state index in [9.17, 15) is 23.3 Å². The van der Waals surface area contributed by atoms with Gasteiger partial charge in [-0.3, -0.25) is 14.9 Å². The molecular weight excluding hydrogens is 300 g/mol. The van der Waals surface area contributed by atoms with Crippen molar-refractivity contribution in [1.82, 2.24) is 4.72 Å². The quantitative estimate of drug-likeness (QED) is 0.604.